The van der Waals surface area contributed by atoms with Crippen molar-refractivity contribution in [2.24, 2.45) is 0 Å². The Kier molecular flexibility index (Phi) is 7.33. The first kappa shape index (κ1) is 24.2. The number of H-pyrrole nitrogens is 1. The highest BCUT2D eigenvalue weighted by Crippen LogP contribution is 2.40. The van der Waals surface area contributed by atoms with Gasteiger partial charge in [-0.25, -0.2) is 4.79 Å². The van der Waals surface area contributed by atoms with Gasteiger partial charge in [0.1, 0.15) is 11.5 Å². The quantitative estimate of drug-likeness (QED) is 0.273. The van der Waals surface area contributed by atoms with Crippen molar-refractivity contribution in [3.8, 4) is 0 Å². The zero-order valence-electron chi connectivity index (χ0n) is 19.6. The van der Waals surface area contributed by atoms with Gasteiger partial charge in [-0.15, -0.1) is 0 Å². The summed E-state index contributed by atoms with van der Waals surface area (Å²) >= 11 is 0. The first-order valence-electron chi connectivity index (χ1n) is 10.9. The molecular weight excluding hydrogens is 424 g/mol. The van der Waals surface area contributed by atoms with Crippen molar-refractivity contribution < 1.29 is 24.2 Å². The molecule has 3 heterocycles. The number of nitrogens with zero attached hydrogens (tertiary/aromatic N) is 3. The summed E-state index contributed by atoms with van der Waals surface area (Å²) in [6, 6.07) is 2.70. The molecule has 0 aliphatic carbocycles. The van der Waals surface area contributed by atoms with Crippen LogP contribution in [0.4, 0.5) is 0 Å². The fourth-order valence-corrected chi connectivity index (χ4v) is 4.21. The maximum Gasteiger partial charge on any atom is 0.355 e. The Morgan fingerprint density at radius 2 is 1.91 bits per heavy atom. The predicted octanol–water partition coefficient (Wildman–Crippen LogP) is 2.58. The van der Waals surface area contributed by atoms with Crippen molar-refractivity contribution in [2.45, 2.75) is 33.2 Å². The molecule has 0 spiro atoms. The molecule has 1 aliphatic rings. The number of Topliss-reactive ketones (excluding diaryl/α,β-unsaturated/α-hetero) is 1. The highest BCUT2D eigenvalue weighted by molar-refractivity contribution is 6.46. The van der Waals surface area contributed by atoms with Crippen molar-refractivity contribution in [1.82, 2.24) is 19.8 Å². The molecule has 176 valence electrons. The van der Waals surface area contributed by atoms with Crippen molar-refractivity contribution in [1.29, 1.82) is 0 Å². The lowest BCUT2D eigenvalue weighted by Gasteiger charge is -2.25. The van der Waals surface area contributed by atoms with Crippen LogP contribution in [0.25, 0.3) is 5.76 Å². The molecule has 0 bridgehead atoms. The van der Waals surface area contributed by atoms with Crippen molar-refractivity contribution >= 4 is 23.4 Å². The van der Waals surface area contributed by atoms with E-state index in [1.165, 1.54) is 4.90 Å². The van der Waals surface area contributed by atoms with Gasteiger partial charge in [-0.05, 0) is 71.1 Å². The number of likely N-dealkylation sites (tertiary alicyclic amines) is 1. The average Bonchev–Trinajstić information content (AvgIpc) is 3.21. The van der Waals surface area contributed by atoms with Gasteiger partial charge in [-0.1, -0.05) is 0 Å². The number of aliphatic hydroxyl groups is 1. The van der Waals surface area contributed by atoms with Crippen molar-refractivity contribution in [3.63, 3.8) is 0 Å². The van der Waals surface area contributed by atoms with Gasteiger partial charge >= 0.3 is 5.97 Å². The van der Waals surface area contributed by atoms with Gasteiger partial charge in [0.15, 0.2) is 0 Å². The minimum absolute atomic E-state index is 0.00309. The Labute approximate surface area is 193 Å². The van der Waals surface area contributed by atoms with E-state index in [-0.39, 0.29) is 23.6 Å². The third-order valence-corrected chi connectivity index (χ3v) is 5.72. The van der Waals surface area contributed by atoms with E-state index in [1.807, 2.05) is 19.0 Å². The van der Waals surface area contributed by atoms with Gasteiger partial charge in [0.2, 0.25) is 0 Å². The molecule has 0 radical (unpaired) electrons. The van der Waals surface area contributed by atoms with E-state index in [1.54, 1.807) is 45.3 Å². The Bertz CT molecular complexity index is 1090. The van der Waals surface area contributed by atoms with E-state index in [4.69, 9.17) is 4.74 Å². The lowest BCUT2D eigenvalue weighted by Crippen LogP contribution is -2.32. The molecule has 2 aromatic rings. The van der Waals surface area contributed by atoms with Crippen LogP contribution in [-0.2, 0) is 14.3 Å². The van der Waals surface area contributed by atoms with Gasteiger partial charge in [-0.3, -0.25) is 14.6 Å². The molecule has 33 heavy (non-hydrogen) atoms. The maximum atomic E-state index is 13.1. The number of amides is 1. The number of nitrogens with one attached hydrogen (secondary N) is 1. The highest BCUT2D eigenvalue weighted by Gasteiger charge is 2.46. The minimum atomic E-state index is -0.755. The summed E-state index contributed by atoms with van der Waals surface area (Å²) < 4.78 is 5.08. The van der Waals surface area contributed by atoms with Crippen molar-refractivity contribution in [2.75, 3.05) is 33.8 Å². The largest absolute Gasteiger partial charge is 0.507 e. The summed E-state index contributed by atoms with van der Waals surface area (Å²) in [5.41, 5.74) is 2.15. The van der Waals surface area contributed by atoms with E-state index in [9.17, 15) is 19.5 Å². The number of ether oxygens (including phenoxy) is 1. The number of ketones is 1. The molecule has 1 aliphatic heterocycles. The molecule has 1 atom stereocenters. The molecule has 9 heteroatoms. The third kappa shape index (κ3) is 4.68. The minimum Gasteiger partial charge on any atom is -0.507 e. The van der Waals surface area contributed by atoms with Crippen LogP contribution in [0, 0.1) is 13.8 Å². The standard InChI is InChI=1S/C24H30N4O5/c1-6-33-24(32)19-14(2)17(15(3)26-19)21(29)18-20(16-8-10-25-11-9-16)28(23(31)22(18)30)13-7-12-27(4)5/h8-11,20,26,29H,6-7,12-13H2,1-5H3. The number of carbonyl (C=O) groups is 3. The number of rotatable bonds is 8. The van der Waals surface area contributed by atoms with Crippen LogP contribution in [0.15, 0.2) is 30.1 Å². The number of hydrogen-bond donors (Lipinski definition) is 2. The van der Waals surface area contributed by atoms with Crippen LogP contribution < -0.4 is 0 Å². The summed E-state index contributed by atoms with van der Waals surface area (Å²) in [4.78, 5) is 48.9. The number of pyridine rings is 1. The number of aliphatic hydroxyl groups excluding tert-OH is 1. The zero-order chi connectivity index (χ0) is 24.3. The number of aryl methyl sites for hydroxylation is 1. The fourth-order valence-electron chi connectivity index (χ4n) is 4.21. The van der Waals surface area contributed by atoms with Crippen LogP contribution in [0.3, 0.4) is 0 Å². The van der Waals surface area contributed by atoms with Crippen LogP contribution in [0.1, 0.15) is 52.3 Å². The number of aromatic amines is 1. The van der Waals surface area contributed by atoms with E-state index in [0.717, 1.165) is 6.54 Å². The van der Waals surface area contributed by atoms with Crippen molar-refractivity contribution in [3.05, 3.63) is 58.2 Å². The number of aromatic nitrogens is 2. The molecule has 3 rings (SSSR count). The Balaban J connectivity index is 2.13. The van der Waals surface area contributed by atoms with Gasteiger partial charge in [0, 0.05) is 30.2 Å². The molecule has 1 unspecified atom stereocenters. The van der Waals surface area contributed by atoms with E-state index in [2.05, 4.69) is 9.97 Å². The van der Waals surface area contributed by atoms with E-state index >= 15 is 0 Å². The van der Waals surface area contributed by atoms with Crippen LogP contribution in [-0.4, -0.2) is 76.3 Å². The summed E-state index contributed by atoms with van der Waals surface area (Å²) in [5.74, 6) is -2.27. The molecule has 2 aromatic heterocycles. The molecule has 0 aromatic carbocycles. The summed E-state index contributed by atoms with van der Waals surface area (Å²) in [7, 11) is 3.88. The first-order valence-corrected chi connectivity index (χ1v) is 10.9. The second-order valence-electron chi connectivity index (χ2n) is 8.28. The zero-order valence-corrected chi connectivity index (χ0v) is 19.6. The molecule has 1 amide bonds. The van der Waals surface area contributed by atoms with Gasteiger partial charge in [-0.2, -0.15) is 0 Å². The lowest BCUT2D eigenvalue weighted by molar-refractivity contribution is -0.139. The Morgan fingerprint density at radius 1 is 1.24 bits per heavy atom. The van der Waals surface area contributed by atoms with Gasteiger partial charge < -0.3 is 24.6 Å². The monoisotopic (exact) mass is 454 g/mol. The van der Waals surface area contributed by atoms with E-state index < -0.39 is 23.7 Å². The van der Waals surface area contributed by atoms with E-state index in [0.29, 0.717) is 35.3 Å². The SMILES string of the molecule is CCOC(=O)c1[nH]c(C)c(C(O)=C2C(=O)C(=O)N(CCCN(C)C)C2c2ccncc2)c1C. The smallest absolute Gasteiger partial charge is 0.355 e. The van der Waals surface area contributed by atoms with Gasteiger partial charge in [0.05, 0.1) is 18.2 Å². The predicted molar refractivity (Wildman–Crippen MR) is 123 cm³/mol. The van der Waals surface area contributed by atoms with Crippen LogP contribution >= 0.6 is 0 Å². The van der Waals surface area contributed by atoms with Crippen LogP contribution in [0.2, 0.25) is 0 Å². The van der Waals surface area contributed by atoms with Crippen LogP contribution in [0.5, 0.6) is 0 Å². The molecule has 1 fully saturated rings. The highest BCUT2D eigenvalue weighted by atomic mass is 16.5. The molecule has 1 saturated heterocycles. The summed E-state index contributed by atoms with van der Waals surface area (Å²) in [6.07, 6.45) is 3.83. The number of hydrogen-bond acceptors (Lipinski definition) is 7. The molecule has 0 saturated carbocycles. The average molecular weight is 455 g/mol. The normalized spacial score (nSPS) is 17.8. The second-order valence-corrected chi connectivity index (χ2v) is 8.28. The topological polar surface area (TPSA) is 116 Å². The lowest BCUT2D eigenvalue weighted by atomic mass is 9.94. The maximum absolute atomic E-state index is 13.1. The number of carbonyl (C=O) groups excluding carboxylic acids is 3. The molecule has 2 N–H and O–H groups in total. The second kappa shape index (κ2) is 9.99. The Morgan fingerprint density at radius 3 is 2.52 bits per heavy atom. The first-order chi connectivity index (χ1) is 15.7. The summed E-state index contributed by atoms with van der Waals surface area (Å²) in [5, 5.41) is 11.3. The Hall–Kier alpha value is -3.46. The molecule has 9 nitrogen and oxygen atoms in total. The molecular formula is C24H30N4O5. The fraction of sp³-hybridized carbons (Fsp3) is 0.417. The van der Waals surface area contributed by atoms with Gasteiger partial charge in [0.25, 0.3) is 11.7 Å². The summed E-state index contributed by atoms with van der Waals surface area (Å²) in [6.45, 7) is 6.36. The third-order valence-electron chi connectivity index (χ3n) is 5.72. The number of esters is 1.